The summed E-state index contributed by atoms with van der Waals surface area (Å²) in [6.07, 6.45) is 68.6. The van der Waals surface area contributed by atoms with E-state index in [-0.39, 0.29) is 104 Å². The fourth-order valence-corrected chi connectivity index (χ4v) is 23.4. The number of aromatic nitrogens is 2. The molecule has 6 aliphatic carbocycles. The lowest BCUT2D eigenvalue weighted by atomic mass is 9.62. The second-order valence-electron chi connectivity index (χ2n) is 36.8. The van der Waals surface area contributed by atoms with Crippen molar-refractivity contribution in [3.63, 3.8) is 0 Å². The average molecular weight is 1520 g/mol. The number of likely N-dealkylation sites (tertiary alicyclic amines) is 2. The van der Waals surface area contributed by atoms with Crippen molar-refractivity contribution in [2.24, 2.45) is 94.7 Å². The Morgan fingerprint density at radius 2 is 0.649 bits per heavy atom. The Bertz CT molecular complexity index is 3890. The fraction of sp³-hybridized carbons (Fsp3) is 0.747. The highest BCUT2D eigenvalue weighted by Gasteiger charge is 2.60. The molecule has 2 aromatic heterocycles. The van der Waals surface area contributed by atoms with Gasteiger partial charge in [-0.05, 0) is 177 Å². The number of hydrogen-bond acceptors (Lipinski definition) is 8. The maximum absolute atomic E-state index is 15.2. The smallest absolute Gasteiger partial charge is 0.266 e. The number of imide groups is 2. The number of carbonyl (C=O) groups is 4. The first-order valence-electron chi connectivity index (χ1n) is 46.7. The molecule has 6 fully saturated rings. The summed E-state index contributed by atoms with van der Waals surface area (Å²) in [5, 5.41) is 0.711. The van der Waals surface area contributed by atoms with Gasteiger partial charge >= 0.3 is 0 Å². The number of carbonyl (C=O) groups excluding carboxylic acids is 4. The molecule has 111 heavy (non-hydrogen) atoms. The second kappa shape index (κ2) is 44.1. The van der Waals surface area contributed by atoms with Gasteiger partial charge in [-0.1, -0.05) is 315 Å². The van der Waals surface area contributed by atoms with E-state index in [0.29, 0.717) is 43.6 Å². The second-order valence-corrected chi connectivity index (χ2v) is 36.8. The molecule has 16 atom stereocenters. The largest absolute Gasteiger partial charge is 0.282 e. The lowest BCUT2D eigenvalue weighted by Crippen LogP contribution is -2.38. The highest BCUT2D eigenvalue weighted by Crippen LogP contribution is 2.55. The van der Waals surface area contributed by atoms with E-state index in [1.165, 1.54) is 201 Å². The molecule has 12 heteroatoms. The van der Waals surface area contributed by atoms with Gasteiger partial charge in [-0.25, -0.2) is 4.57 Å². The van der Waals surface area contributed by atoms with E-state index in [4.69, 9.17) is 0 Å². The SMILES string of the molecule is C=C=C=C=C=C=C(C1CC(CCCCCCCCN2C(=O)C3C4C=CC(C4)C3C2=O)CC(CCCCCC)C1CCCCCCCC)n1c(=O)c2cc3c(=O)n(CCCCCCCCC4CC(CCCCCC)C(CCCCCCCC)C(CCCCCCCCN5C(=O)C6C7C=CC(C7)C6C5=O)C4)c(=O)c3cc2c1=O. The Labute approximate surface area is 667 Å². The summed E-state index contributed by atoms with van der Waals surface area (Å²) in [6, 6.07) is 3.07. The Morgan fingerprint density at radius 1 is 0.333 bits per heavy atom. The molecule has 1 aromatic carbocycles. The van der Waals surface area contributed by atoms with Crippen molar-refractivity contribution in [2.45, 2.75) is 362 Å². The zero-order chi connectivity index (χ0) is 78.0. The number of hydrogen-bond donors (Lipinski definition) is 0. The minimum atomic E-state index is -0.484. The van der Waals surface area contributed by atoms with Crippen molar-refractivity contribution in [3.05, 3.63) is 113 Å². The van der Waals surface area contributed by atoms with Gasteiger partial charge < -0.3 is 0 Å². The summed E-state index contributed by atoms with van der Waals surface area (Å²) in [5.74, 6) is 5.03. The van der Waals surface area contributed by atoms with Crippen LogP contribution in [0.5, 0.6) is 0 Å². The molecular formula is C99H144N4O8. The fourth-order valence-electron chi connectivity index (χ4n) is 23.4. The van der Waals surface area contributed by atoms with E-state index >= 15 is 9.59 Å². The molecule has 4 bridgehead atoms. The number of benzene rings is 1. The number of fused-ring (bicyclic) bond motifs is 12. The molecule has 2 aliphatic heterocycles. The summed E-state index contributed by atoms with van der Waals surface area (Å²) in [7, 11) is 0. The third kappa shape index (κ3) is 21.7. The molecule has 4 saturated carbocycles. The molecule has 11 rings (SSSR count). The third-order valence-corrected chi connectivity index (χ3v) is 29.3. The van der Waals surface area contributed by atoms with Gasteiger partial charge in [0.15, 0.2) is 0 Å². The van der Waals surface area contributed by atoms with Crippen molar-refractivity contribution in [3.8, 4) is 0 Å². The van der Waals surface area contributed by atoms with E-state index in [1.807, 2.05) is 0 Å². The topological polar surface area (TPSA) is 153 Å². The first-order chi connectivity index (χ1) is 54.3. The lowest BCUT2D eigenvalue weighted by molar-refractivity contribution is -0.142. The maximum atomic E-state index is 15.2. The minimum absolute atomic E-state index is 0.0542. The van der Waals surface area contributed by atoms with Gasteiger partial charge in [0.25, 0.3) is 22.2 Å². The Hall–Kier alpha value is -6.10. The summed E-state index contributed by atoms with van der Waals surface area (Å²) in [6.45, 7) is 14.3. The highest BCUT2D eigenvalue weighted by molar-refractivity contribution is 6.07. The van der Waals surface area contributed by atoms with E-state index in [1.54, 1.807) is 9.80 Å². The molecule has 16 unspecified atom stereocenters. The Kier molecular flexibility index (Phi) is 34.1. The van der Waals surface area contributed by atoms with Crippen molar-refractivity contribution in [1.82, 2.24) is 18.9 Å². The first-order valence-corrected chi connectivity index (χ1v) is 46.7. The van der Waals surface area contributed by atoms with E-state index < -0.39 is 22.2 Å². The van der Waals surface area contributed by atoms with Gasteiger partial charge in [0.1, 0.15) is 0 Å². The van der Waals surface area contributed by atoms with Crippen molar-refractivity contribution in [2.75, 3.05) is 13.1 Å². The van der Waals surface area contributed by atoms with Crippen molar-refractivity contribution in [1.29, 1.82) is 0 Å². The van der Waals surface area contributed by atoms with Crippen molar-refractivity contribution >= 4 is 50.9 Å². The van der Waals surface area contributed by atoms with Gasteiger partial charge in [-0.15, -0.1) is 0 Å². The summed E-state index contributed by atoms with van der Waals surface area (Å²) >= 11 is 0. The maximum Gasteiger partial charge on any atom is 0.266 e. The molecule has 3 aromatic rings. The number of nitrogens with zero attached hydrogens (tertiary/aromatic N) is 4. The predicted molar refractivity (Wildman–Crippen MR) is 454 cm³/mol. The molecule has 0 N–H and O–H groups in total. The van der Waals surface area contributed by atoms with Gasteiger partial charge in [-0.3, -0.25) is 52.7 Å². The Balaban J connectivity index is 0.694. The molecule has 4 heterocycles. The monoisotopic (exact) mass is 1520 g/mol. The van der Waals surface area contributed by atoms with Gasteiger partial charge in [-0.2, -0.15) is 0 Å². The lowest BCUT2D eigenvalue weighted by Gasteiger charge is -2.43. The van der Waals surface area contributed by atoms with E-state index in [2.05, 4.69) is 87.2 Å². The van der Waals surface area contributed by atoms with Crippen LogP contribution in [0.4, 0.5) is 0 Å². The van der Waals surface area contributed by atoms with Crippen LogP contribution >= 0.6 is 0 Å². The van der Waals surface area contributed by atoms with Gasteiger partial charge in [0.2, 0.25) is 23.6 Å². The van der Waals surface area contributed by atoms with Gasteiger partial charge in [0, 0.05) is 25.6 Å². The van der Waals surface area contributed by atoms with Crippen molar-refractivity contribution < 1.29 is 19.2 Å². The van der Waals surface area contributed by atoms with Crippen LogP contribution in [-0.2, 0) is 25.7 Å². The molecular weight excluding hydrogens is 1370 g/mol. The average Bonchev–Trinajstić information content (AvgIpc) is 1.69. The van der Waals surface area contributed by atoms with Crippen LogP contribution in [0.2, 0.25) is 0 Å². The number of unbranched alkanes of at least 4 members (excludes halogenated alkanes) is 31. The van der Waals surface area contributed by atoms with E-state index in [0.717, 1.165) is 165 Å². The number of allylic oxidation sites excluding steroid dienone is 5. The summed E-state index contributed by atoms with van der Waals surface area (Å²) < 4.78 is 2.67. The standard InChI is InChI=1S/C99H144N4O8/c1-6-11-16-21-32-42-53-80-73(50-39-18-13-8-3)63-71(64-74(80)51-41-31-25-28-36-47-62-102-98(110)90-78-58-59-79(68-78)91(90)99(102)111)48-37-29-23-26-34-45-60-100-92(104)83-69-85-86(70-84(83)93(100)105)95(107)103(94(85)106)87(55-44-20-15-10-5)82-66-72(65-75(52-40-19-14-9-4)81(82)54-43-33-22-17-12-7-2)49-38-30-24-27-35-46-61-101-96(108)88-76-56-57-77(67-76)89(88)97(101)109/h56-59,69-82,88-91H,5-9,11-14,16-19,21-43,45-54,60-68H2,1-4H3. The quantitative estimate of drug-likeness (QED) is 0.0234. The molecule has 2 saturated heterocycles. The summed E-state index contributed by atoms with van der Waals surface area (Å²) in [5.41, 5.74) is 13.4. The minimum Gasteiger partial charge on any atom is -0.282 e. The zero-order valence-electron chi connectivity index (χ0n) is 69.6. The van der Waals surface area contributed by atoms with Crippen LogP contribution < -0.4 is 22.2 Å². The predicted octanol–water partition coefficient (Wildman–Crippen LogP) is 22.9. The number of amides is 4. The van der Waals surface area contributed by atoms with Crippen LogP contribution in [0.15, 0.2) is 90.8 Å². The zero-order valence-corrected chi connectivity index (χ0v) is 69.6. The first kappa shape index (κ1) is 85.8. The molecule has 0 spiro atoms. The molecule has 4 amide bonds. The van der Waals surface area contributed by atoms with Crippen LogP contribution in [0.25, 0.3) is 27.2 Å². The summed E-state index contributed by atoms with van der Waals surface area (Å²) in [4.78, 5) is 116. The molecule has 0 radical (unpaired) electrons. The van der Waals surface area contributed by atoms with Crippen LogP contribution in [0, 0.1) is 94.7 Å². The molecule has 608 valence electrons. The molecule has 8 aliphatic rings. The van der Waals surface area contributed by atoms with Crippen LogP contribution in [0.1, 0.15) is 355 Å². The van der Waals surface area contributed by atoms with E-state index in [9.17, 15) is 28.8 Å². The molecule has 12 nitrogen and oxygen atoms in total. The third-order valence-electron chi connectivity index (χ3n) is 29.3. The van der Waals surface area contributed by atoms with Crippen LogP contribution in [0.3, 0.4) is 0 Å². The highest BCUT2D eigenvalue weighted by atomic mass is 16.2. The normalized spacial score (nSPS) is 27.0. The van der Waals surface area contributed by atoms with Crippen LogP contribution in [-0.4, -0.2) is 55.7 Å². The number of rotatable bonds is 53. The van der Waals surface area contributed by atoms with Gasteiger partial charge in [0.05, 0.1) is 50.9 Å². The Morgan fingerprint density at radius 3 is 1.05 bits per heavy atom.